The van der Waals surface area contributed by atoms with E-state index in [1.54, 1.807) is 12.1 Å². The third-order valence-corrected chi connectivity index (χ3v) is 20.4. The molecule has 5 aliphatic rings. The van der Waals surface area contributed by atoms with Crippen LogP contribution >= 0.6 is 0 Å². The Labute approximate surface area is 559 Å². The molecule has 5 saturated heterocycles. The number of imide groups is 1. The molecule has 17 heteroatoms. The zero-order chi connectivity index (χ0) is 65.5. The molecule has 504 valence electrons. The van der Waals surface area contributed by atoms with E-state index < -0.39 is 0 Å². The molecule has 2 N–H and O–H groups in total. The summed E-state index contributed by atoms with van der Waals surface area (Å²) in [6.45, 7) is 16.9. The first-order valence-electron chi connectivity index (χ1n) is 35.0. The Kier molecular flexibility index (Phi) is 25.4. The maximum absolute atomic E-state index is 13.2. The third kappa shape index (κ3) is 18.5. The lowest BCUT2D eigenvalue weighted by atomic mass is 9.95. The highest BCUT2D eigenvalue weighted by atomic mass is 16.2. The van der Waals surface area contributed by atoms with Crippen LogP contribution in [0.25, 0.3) is 0 Å². The molecular weight excluding hydrogens is 1170 g/mol. The molecule has 17 nitrogen and oxygen atoms in total. The van der Waals surface area contributed by atoms with E-state index in [1.165, 1.54) is 48.6 Å². The van der Waals surface area contributed by atoms with E-state index in [2.05, 4.69) is 164 Å². The van der Waals surface area contributed by atoms with Gasteiger partial charge >= 0.3 is 0 Å². The maximum atomic E-state index is 13.2. The molecule has 0 saturated carbocycles. The van der Waals surface area contributed by atoms with Crippen LogP contribution in [0.1, 0.15) is 262 Å². The number of ketones is 2. The van der Waals surface area contributed by atoms with E-state index >= 15 is 0 Å². The number of nitrogens with zero attached hydrogens (tertiary/aromatic N) is 9. The number of fused-ring (bicyclic) bond motifs is 4. The molecule has 4 unspecified atom stereocenters. The van der Waals surface area contributed by atoms with Crippen molar-refractivity contribution >= 4 is 35.2 Å². The highest BCUT2D eigenvalue weighted by molar-refractivity contribution is 6.07. The van der Waals surface area contributed by atoms with Gasteiger partial charge in [0.2, 0.25) is 17.7 Å². The van der Waals surface area contributed by atoms with E-state index in [9.17, 15) is 28.8 Å². The normalized spacial score (nSPS) is 20.6. The largest absolute Gasteiger partial charge is 0.349 e. The minimum Gasteiger partial charge on any atom is -0.349 e. The van der Waals surface area contributed by atoms with E-state index in [0.29, 0.717) is 92.3 Å². The number of unbranched alkanes of at least 4 members (excludes halogenated alkanes) is 2. The van der Waals surface area contributed by atoms with Crippen LogP contribution in [0.15, 0.2) is 109 Å². The third-order valence-electron chi connectivity index (χ3n) is 20.4. The minimum absolute atomic E-state index is 0. The summed E-state index contributed by atoms with van der Waals surface area (Å²) in [5.41, 5.74) is 6.37. The number of likely N-dealkylation sites (tertiary alicyclic amines) is 1. The summed E-state index contributed by atoms with van der Waals surface area (Å²) in [6.07, 6.45) is 19.1. The number of hydrogen-bond donors (Lipinski definition) is 2. The summed E-state index contributed by atoms with van der Waals surface area (Å²) in [5.74, 6) is 4.82. The quantitative estimate of drug-likeness (QED) is 0.0188. The van der Waals surface area contributed by atoms with Crippen molar-refractivity contribution in [1.29, 1.82) is 0 Å². The average Bonchev–Trinajstić information content (AvgIpc) is 1.60. The monoisotopic (exact) mass is 1280 g/mol. The molecule has 6 atom stereocenters. The van der Waals surface area contributed by atoms with Crippen LogP contribution in [0.4, 0.5) is 0 Å². The number of amides is 4. The first-order chi connectivity index (χ1) is 45.0. The van der Waals surface area contributed by atoms with Gasteiger partial charge in [0, 0.05) is 99.0 Å². The Morgan fingerprint density at radius 1 is 0.511 bits per heavy atom. The number of carbonyl (C=O) groups is 6. The summed E-state index contributed by atoms with van der Waals surface area (Å²) < 4.78 is 4.83. The van der Waals surface area contributed by atoms with E-state index in [1.807, 2.05) is 24.3 Å². The molecule has 4 amide bonds. The van der Waals surface area contributed by atoms with Gasteiger partial charge in [-0.2, -0.15) is 0 Å². The summed E-state index contributed by atoms with van der Waals surface area (Å²) in [7, 11) is 0. The van der Waals surface area contributed by atoms with Gasteiger partial charge in [0.05, 0.1) is 18.5 Å². The molecular formula is C77H105N11O6. The highest BCUT2D eigenvalue weighted by Gasteiger charge is 2.44. The van der Waals surface area contributed by atoms with Crippen molar-refractivity contribution in [2.45, 2.75) is 257 Å². The molecule has 11 rings (SSSR count). The van der Waals surface area contributed by atoms with Crippen molar-refractivity contribution in [2.75, 3.05) is 19.6 Å². The lowest BCUT2D eigenvalue weighted by molar-refractivity contribution is -0.136. The second-order valence-corrected chi connectivity index (χ2v) is 27.8. The fraction of sp³-hybridized carbons (Fsp3) is 0.558. The molecule has 5 fully saturated rings. The van der Waals surface area contributed by atoms with Crippen LogP contribution < -0.4 is 10.6 Å². The van der Waals surface area contributed by atoms with Gasteiger partial charge in [-0.15, -0.1) is 20.4 Å². The second kappa shape index (κ2) is 33.7. The topological polar surface area (TPSA) is 198 Å². The van der Waals surface area contributed by atoms with Crippen molar-refractivity contribution in [3.8, 4) is 0 Å². The van der Waals surface area contributed by atoms with E-state index in [0.717, 1.165) is 130 Å². The van der Waals surface area contributed by atoms with Gasteiger partial charge in [-0.05, 0) is 170 Å². The number of nitrogens with one attached hydrogen (secondary N) is 2. The van der Waals surface area contributed by atoms with Crippen molar-refractivity contribution < 1.29 is 28.8 Å². The van der Waals surface area contributed by atoms with Gasteiger partial charge in [0.1, 0.15) is 34.9 Å². The maximum Gasteiger partial charge on any atom is 0.260 e. The van der Waals surface area contributed by atoms with Gasteiger partial charge in [-0.1, -0.05) is 132 Å². The molecule has 6 aromatic rings. The molecule has 0 radical (unpaired) electrons. The predicted octanol–water partition coefficient (Wildman–Crippen LogP) is 13.6. The van der Waals surface area contributed by atoms with Gasteiger partial charge in [0.15, 0.2) is 0 Å². The van der Waals surface area contributed by atoms with Gasteiger partial charge in [-0.3, -0.25) is 43.5 Å². The van der Waals surface area contributed by atoms with Crippen LogP contribution in [-0.4, -0.2) is 123 Å². The number of hydrogen-bond acceptors (Lipinski definition) is 12. The van der Waals surface area contributed by atoms with Gasteiger partial charge < -0.3 is 19.8 Å². The molecule has 7 heterocycles. The number of aromatic nitrogens is 6. The van der Waals surface area contributed by atoms with Gasteiger partial charge in [0.25, 0.3) is 5.91 Å². The number of β-lactam (4-membered cyclic amide) rings is 1. The second-order valence-electron chi connectivity index (χ2n) is 27.8. The summed E-state index contributed by atoms with van der Waals surface area (Å²) in [5, 5.41) is 24.6. The van der Waals surface area contributed by atoms with Crippen molar-refractivity contribution in [3.63, 3.8) is 0 Å². The van der Waals surface area contributed by atoms with E-state index in [4.69, 9.17) is 0 Å². The number of benzene rings is 4. The zero-order valence-corrected chi connectivity index (χ0v) is 56.3. The number of carbonyl (C=O) groups excluding carboxylic acids is 6. The lowest BCUT2D eigenvalue weighted by Crippen LogP contribution is -2.47. The molecule has 94 heavy (non-hydrogen) atoms. The number of Topliss-reactive ketones (excluding diaryl/α,β-unsaturated/α-hetero) is 2. The SMILES string of the molecule is C.CC(=O)CC(=O)CCc1ccc(CCCCC(=O)N[C@@H](CCN2C3CCC2CC(n2c(C)nnc2C(C)C)C3)c2ccccc2)cc1.Cc1nnc(C(C)C)n1C1CC2CCC(C1)N2CC[C@H](NC(=O)CCCCc1ccc(C(=O)N2CCC2=O)cc1)c1ccccc1. The van der Waals surface area contributed by atoms with Crippen LogP contribution in [0.3, 0.4) is 0 Å². The number of aryl methyl sites for hydroxylation is 5. The van der Waals surface area contributed by atoms with Crippen LogP contribution in [0.2, 0.25) is 0 Å². The molecule has 4 aromatic carbocycles. The Hall–Kier alpha value is -7.50. The summed E-state index contributed by atoms with van der Waals surface area (Å²) in [6, 6.07) is 39.9. The first-order valence-corrected chi connectivity index (χ1v) is 35.0. The summed E-state index contributed by atoms with van der Waals surface area (Å²) in [4.78, 5) is 80.0. The van der Waals surface area contributed by atoms with Crippen molar-refractivity contribution in [1.82, 2.24) is 54.9 Å². The molecule has 2 aromatic heterocycles. The lowest BCUT2D eigenvalue weighted by Gasteiger charge is -2.40. The number of piperidine rings is 2. The van der Waals surface area contributed by atoms with Crippen LogP contribution in [-0.2, 0) is 43.2 Å². The number of rotatable bonds is 30. The van der Waals surface area contributed by atoms with Crippen molar-refractivity contribution in [3.05, 3.63) is 166 Å². The van der Waals surface area contributed by atoms with Crippen LogP contribution in [0.5, 0.6) is 0 Å². The zero-order valence-electron chi connectivity index (χ0n) is 56.3. The Morgan fingerprint density at radius 3 is 1.29 bits per heavy atom. The summed E-state index contributed by atoms with van der Waals surface area (Å²) >= 11 is 0. The minimum atomic E-state index is -0.216. The molecule has 5 aliphatic heterocycles. The van der Waals surface area contributed by atoms with Crippen LogP contribution in [0, 0.1) is 13.8 Å². The fourth-order valence-electron chi connectivity index (χ4n) is 15.5. The highest BCUT2D eigenvalue weighted by Crippen LogP contribution is 2.44. The Balaban J connectivity index is 0.000000219. The first kappa shape index (κ1) is 70.8. The smallest absolute Gasteiger partial charge is 0.260 e. The van der Waals surface area contributed by atoms with E-state index in [-0.39, 0.29) is 61.1 Å². The van der Waals surface area contributed by atoms with Gasteiger partial charge in [-0.25, -0.2) is 0 Å². The molecule has 0 spiro atoms. The Morgan fingerprint density at radius 2 is 0.915 bits per heavy atom. The Bertz CT molecular complexity index is 3430. The predicted molar refractivity (Wildman–Crippen MR) is 369 cm³/mol. The molecule has 0 aliphatic carbocycles. The molecule has 4 bridgehead atoms. The average molecular weight is 1280 g/mol. The van der Waals surface area contributed by atoms with Crippen molar-refractivity contribution in [2.24, 2.45) is 0 Å². The fourth-order valence-corrected chi connectivity index (χ4v) is 15.5. The standard InChI is InChI=1S/C39H53N5O3.C37H48N6O3.CH4/c1-27(2)39-42-41-29(4)44(39)35-25-33-19-20-34(26-35)43(33)23-22-37(32-11-6-5-7-12-32)40-38(47)13-9-8-10-30-14-16-31(17-15-30)18-21-36(46)24-28(3)45;1-25(2)36-40-39-26(3)43(36)32-23-30-17-18-31(24-32)41(30)21-19-33(28-10-5-4-6-11-28)38-34(44)12-8-7-9-27-13-15-29(16-14-27)37(46)42-22-20-35(42)45;/h5-7,11-12,14-17,27,33-35,37H,8-10,13,18-26H2,1-4H3,(H,40,47);4-6,10-11,13-16,25,30-33H,7-9,12,17-24H2,1-3H3,(H,38,44);1H4/t33?,34?,35?,37-;30?,31?,32?,33-;/m00./s1.